The molecule has 1 aliphatic heterocycles. The summed E-state index contributed by atoms with van der Waals surface area (Å²) < 4.78 is 7.74. The van der Waals surface area contributed by atoms with E-state index < -0.39 is 17.7 Å². The molecule has 4 N–H and O–H groups in total. The first-order valence-electron chi connectivity index (χ1n) is 13.6. The minimum Gasteiger partial charge on any atom is -0.444 e. The Morgan fingerprint density at radius 3 is 2.60 bits per heavy atom. The number of nitrogen functional groups attached to an aromatic ring is 1. The summed E-state index contributed by atoms with van der Waals surface area (Å²) in [5.41, 5.74) is 7.26. The van der Waals surface area contributed by atoms with Crippen molar-refractivity contribution in [1.82, 2.24) is 24.4 Å². The molecule has 5 rings (SSSR count). The van der Waals surface area contributed by atoms with Crippen molar-refractivity contribution in [2.45, 2.75) is 65.3 Å². The maximum absolute atomic E-state index is 14.0. The van der Waals surface area contributed by atoms with Gasteiger partial charge in [-0.3, -0.25) is 14.9 Å². The number of benzene rings is 1. The van der Waals surface area contributed by atoms with Crippen molar-refractivity contribution in [1.29, 1.82) is 0 Å². The highest BCUT2D eigenvalue weighted by Gasteiger charge is 2.43. The molecule has 220 valence electrons. The minimum atomic E-state index is -0.666. The molecular formula is C29H33BrN8O4. The fourth-order valence-electron chi connectivity index (χ4n) is 5.36. The maximum atomic E-state index is 14.0. The number of ether oxygens (including phenoxy) is 1. The van der Waals surface area contributed by atoms with E-state index in [2.05, 4.69) is 41.5 Å². The number of rotatable bonds is 5. The second-order valence-corrected chi connectivity index (χ2v) is 12.3. The molecule has 3 aromatic heterocycles. The Bertz CT molecular complexity index is 1700. The van der Waals surface area contributed by atoms with Crippen molar-refractivity contribution in [2.24, 2.45) is 5.92 Å². The lowest BCUT2D eigenvalue weighted by Crippen LogP contribution is -2.47. The van der Waals surface area contributed by atoms with Crippen LogP contribution >= 0.6 is 15.9 Å². The third-order valence-corrected chi connectivity index (χ3v) is 7.80. The van der Waals surface area contributed by atoms with E-state index in [9.17, 15) is 14.4 Å². The molecule has 3 atom stereocenters. The van der Waals surface area contributed by atoms with Crippen molar-refractivity contribution < 1.29 is 19.1 Å². The van der Waals surface area contributed by atoms with Gasteiger partial charge in [0.15, 0.2) is 0 Å². The van der Waals surface area contributed by atoms with Gasteiger partial charge >= 0.3 is 6.09 Å². The number of anilines is 3. The molecule has 0 unspecified atom stereocenters. The molecule has 0 bridgehead atoms. The first kappa shape index (κ1) is 29.2. The van der Waals surface area contributed by atoms with E-state index in [0.717, 1.165) is 0 Å². The molecule has 0 saturated carbocycles. The molecule has 0 radical (unpaired) electrons. The molecule has 13 heteroatoms. The molecule has 1 saturated heterocycles. The summed E-state index contributed by atoms with van der Waals surface area (Å²) in [6.07, 6.45) is 1.28. The van der Waals surface area contributed by atoms with Gasteiger partial charge in [-0.05, 0) is 86.3 Å². The Kier molecular flexibility index (Phi) is 7.80. The van der Waals surface area contributed by atoms with Crippen molar-refractivity contribution in [3.63, 3.8) is 0 Å². The number of hydrogen-bond acceptors (Lipinski definition) is 8. The number of fused-ring (bicyclic) bond motifs is 3. The lowest BCUT2D eigenvalue weighted by molar-refractivity contribution is -0.139. The molecule has 1 aromatic carbocycles. The van der Waals surface area contributed by atoms with Gasteiger partial charge in [0.05, 0.1) is 10.9 Å². The average Bonchev–Trinajstić information content (AvgIpc) is 3.37. The van der Waals surface area contributed by atoms with Gasteiger partial charge in [0.1, 0.15) is 46.4 Å². The van der Waals surface area contributed by atoms with E-state index in [1.807, 2.05) is 13.8 Å². The maximum Gasteiger partial charge on any atom is 0.412 e. The Morgan fingerprint density at radius 2 is 1.88 bits per heavy atom. The van der Waals surface area contributed by atoms with Crippen molar-refractivity contribution in [3.8, 4) is 0 Å². The second-order valence-electron chi connectivity index (χ2n) is 11.5. The van der Waals surface area contributed by atoms with Crippen LogP contribution in [0.2, 0.25) is 0 Å². The summed E-state index contributed by atoms with van der Waals surface area (Å²) >= 11 is 3.32. The normalized spacial score (nSPS) is 18.8. The van der Waals surface area contributed by atoms with Crippen molar-refractivity contribution in [2.75, 3.05) is 16.4 Å². The zero-order chi connectivity index (χ0) is 30.3. The highest BCUT2D eigenvalue weighted by molar-refractivity contribution is 9.10. The summed E-state index contributed by atoms with van der Waals surface area (Å²) in [7, 11) is 0. The molecule has 1 fully saturated rings. The van der Waals surface area contributed by atoms with Gasteiger partial charge in [0.2, 0.25) is 11.8 Å². The lowest BCUT2D eigenvalue weighted by atomic mass is 10.0. The molecule has 4 heterocycles. The van der Waals surface area contributed by atoms with E-state index in [-0.39, 0.29) is 36.1 Å². The Hall–Kier alpha value is -4.26. The topological polar surface area (TPSA) is 157 Å². The predicted octanol–water partition coefficient (Wildman–Crippen LogP) is 4.94. The van der Waals surface area contributed by atoms with Crippen molar-refractivity contribution >= 4 is 73.1 Å². The van der Waals surface area contributed by atoms with E-state index in [0.29, 0.717) is 44.5 Å². The fraction of sp³-hybridized carbons (Fsp3) is 0.379. The van der Waals surface area contributed by atoms with Crippen LogP contribution in [0.25, 0.3) is 21.9 Å². The zero-order valence-corrected chi connectivity index (χ0v) is 25.6. The van der Waals surface area contributed by atoms with E-state index in [1.165, 1.54) is 6.33 Å². The zero-order valence-electron chi connectivity index (χ0n) is 24.0. The Balaban J connectivity index is 1.46. The summed E-state index contributed by atoms with van der Waals surface area (Å²) in [4.78, 5) is 54.3. The summed E-state index contributed by atoms with van der Waals surface area (Å²) in [5, 5.41) is 6.82. The van der Waals surface area contributed by atoms with Gasteiger partial charge in [-0.25, -0.2) is 19.7 Å². The lowest BCUT2D eigenvalue weighted by Gasteiger charge is -2.29. The van der Waals surface area contributed by atoms with Crippen LogP contribution in [0.1, 0.15) is 41.0 Å². The Morgan fingerprint density at radius 1 is 1.12 bits per heavy atom. The van der Waals surface area contributed by atoms with Crippen LogP contribution < -0.4 is 16.4 Å². The SMILES string of the molecule is C[C@@H]1C[C@@H](C(=O)Nc2cccc(Br)n2)N(C(=O)Cn2c3ccc(NC(=O)OC(C)(C)C)cc3c3c(N)ncnc32)[C@@H]1C. The van der Waals surface area contributed by atoms with Gasteiger partial charge < -0.3 is 25.3 Å². The number of pyridine rings is 1. The van der Waals surface area contributed by atoms with Gasteiger partial charge in [-0.1, -0.05) is 13.0 Å². The highest BCUT2D eigenvalue weighted by Crippen LogP contribution is 2.35. The monoisotopic (exact) mass is 636 g/mol. The first-order valence-corrected chi connectivity index (χ1v) is 14.4. The van der Waals surface area contributed by atoms with Crippen LogP contribution in [0, 0.1) is 5.92 Å². The second kappa shape index (κ2) is 11.2. The number of likely N-dealkylation sites (tertiary alicyclic amines) is 1. The first-order chi connectivity index (χ1) is 19.8. The molecule has 42 heavy (non-hydrogen) atoms. The van der Waals surface area contributed by atoms with Crippen LogP contribution in [0.4, 0.5) is 22.1 Å². The number of nitrogens with one attached hydrogen (secondary N) is 2. The summed E-state index contributed by atoms with van der Waals surface area (Å²) in [5.74, 6) is 0.225. The van der Waals surface area contributed by atoms with E-state index >= 15 is 0 Å². The van der Waals surface area contributed by atoms with Gasteiger partial charge in [-0.2, -0.15) is 0 Å². The third-order valence-electron chi connectivity index (χ3n) is 7.36. The molecule has 3 amide bonds. The smallest absolute Gasteiger partial charge is 0.412 e. The largest absolute Gasteiger partial charge is 0.444 e. The number of aromatic nitrogens is 4. The van der Waals surface area contributed by atoms with Gasteiger partial charge in [-0.15, -0.1) is 0 Å². The van der Waals surface area contributed by atoms with E-state index in [4.69, 9.17) is 10.5 Å². The Labute approximate surface area is 251 Å². The number of carbonyl (C=O) groups excluding carboxylic acids is 3. The van der Waals surface area contributed by atoms with Crippen LogP contribution in [0.3, 0.4) is 0 Å². The van der Waals surface area contributed by atoms with Crippen LogP contribution in [0.5, 0.6) is 0 Å². The quantitative estimate of drug-likeness (QED) is 0.260. The highest BCUT2D eigenvalue weighted by atomic mass is 79.9. The van der Waals surface area contributed by atoms with Gasteiger partial charge in [0.25, 0.3) is 0 Å². The molecule has 4 aromatic rings. The average molecular weight is 638 g/mol. The number of halogens is 1. The number of nitrogens with two attached hydrogens (primary N) is 1. The number of nitrogens with zero attached hydrogens (tertiary/aromatic N) is 5. The molecule has 0 spiro atoms. The molecule has 1 aliphatic rings. The third kappa shape index (κ3) is 5.87. The molecular weight excluding hydrogens is 604 g/mol. The van der Waals surface area contributed by atoms with Crippen LogP contribution in [0.15, 0.2) is 47.3 Å². The minimum absolute atomic E-state index is 0.0781. The summed E-state index contributed by atoms with van der Waals surface area (Å²) in [6.45, 7) is 9.26. The van der Waals surface area contributed by atoms with Crippen LogP contribution in [-0.2, 0) is 20.9 Å². The predicted molar refractivity (Wildman–Crippen MR) is 164 cm³/mol. The number of amides is 3. The number of hydrogen-bond donors (Lipinski definition) is 3. The fourth-order valence-corrected chi connectivity index (χ4v) is 5.70. The van der Waals surface area contributed by atoms with Gasteiger partial charge in [0, 0.05) is 17.1 Å². The summed E-state index contributed by atoms with van der Waals surface area (Å²) in [6, 6.07) is 9.67. The van der Waals surface area contributed by atoms with E-state index in [1.54, 1.807) is 66.6 Å². The van der Waals surface area contributed by atoms with Crippen molar-refractivity contribution in [3.05, 3.63) is 47.3 Å². The standard InChI is InChI=1S/C29H33BrN8O4/c1-15-11-20(27(40)36-22-8-6-7-21(30)35-22)38(16(15)2)23(39)13-37-19-10-9-17(34-28(41)42-29(3,4)5)12-18(19)24-25(31)32-14-33-26(24)37/h6-10,12,14-16,20H,11,13H2,1-5H3,(H,34,41)(H2,31,32,33)(H,35,36,40)/t15-,16-,20+/m1/s1. The number of carbonyl (C=O) groups is 3. The molecule has 0 aliphatic carbocycles. The van der Waals surface area contributed by atoms with Crippen LogP contribution in [-0.4, -0.2) is 60.0 Å². The molecule has 12 nitrogen and oxygen atoms in total.